The highest BCUT2D eigenvalue weighted by molar-refractivity contribution is 7.89. The third-order valence-corrected chi connectivity index (χ3v) is 5.91. The Kier molecular flexibility index (Phi) is 8.14. The number of rotatable bonds is 8. The maximum absolute atomic E-state index is 12.5. The molecule has 0 aliphatic carbocycles. The van der Waals surface area contributed by atoms with Crippen LogP contribution in [0.4, 0.5) is 8.78 Å². The first-order chi connectivity index (χ1) is 14.5. The normalized spacial score (nSPS) is 11.3. The van der Waals surface area contributed by atoms with Crippen molar-refractivity contribution >= 4 is 33.4 Å². The van der Waals surface area contributed by atoms with Crippen molar-refractivity contribution in [1.29, 1.82) is 0 Å². The minimum atomic E-state index is -3.96. The van der Waals surface area contributed by atoms with E-state index in [1.165, 1.54) is 44.5 Å². The van der Waals surface area contributed by atoms with Gasteiger partial charge in [-0.2, -0.15) is 13.1 Å². The van der Waals surface area contributed by atoms with E-state index < -0.39 is 35.0 Å². The molecule has 31 heavy (non-hydrogen) atoms. The maximum atomic E-state index is 12.5. The summed E-state index contributed by atoms with van der Waals surface area (Å²) in [5, 5.41) is 0.354. The lowest BCUT2D eigenvalue weighted by Gasteiger charge is -2.17. The van der Waals surface area contributed by atoms with Crippen LogP contribution in [-0.2, 0) is 14.8 Å². The monoisotopic (exact) mass is 477 g/mol. The van der Waals surface area contributed by atoms with Crippen molar-refractivity contribution in [1.82, 2.24) is 15.2 Å². The molecule has 0 atom stereocenters. The number of amides is 2. The summed E-state index contributed by atoms with van der Waals surface area (Å²) in [6, 6.07) is 8.80. The number of benzene rings is 2. The summed E-state index contributed by atoms with van der Waals surface area (Å²) < 4.78 is 59.6. The van der Waals surface area contributed by atoms with E-state index in [0.29, 0.717) is 5.02 Å². The highest BCUT2D eigenvalue weighted by atomic mass is 35.5. The number of hydrazine groups is 1. The lowest BCUT2D eigenvalue weighted by Crippen LogP contribution is -2.46. The van der Waals surface area contributed by atoms with Gasteiger partial charge in [0.2, 0.25) is 10.0 Å². The van der Waals surface area contributed by atoms with Crippen LogP contribution in [-0.4, -0.2) is 51.9 Å². The van der Waals surface area contributed by atoms with Crippen molar-refractivity contribution in [3.63, 3.8) is 0 Å². The maximum Gasteiger partial charge on any atom is 0.387 e. The molecule has 2 rings (SSSR count). The van der Waals surface area contributed by atoms with Gasteiger partial charge in [-0.15, -0.1) is 0 Å². The first kappa shape index (κ1) is 24.3. The number of alkyl halides is 2. The minimum Gasteiger partial charge on any atom is -0.493 e. The van der Waals surface area contributed by atoms with Gasteiger partial charge in [-0.3, -0.25) is 20.4 Å². The molecule has 0 aromatic heterocycles. The lowest BCUT2D eigenvalue weighted by molar-refractivity contribution is -0.121. The van der Waals surface area contributed by atoms with Gasteiger partial charge in [0.25, 0.3) is 11.8 Å². The molecule has 2 N–H and O–H groups in total. The molecule has 2 aromatic rings. The molecular weight excluding hydrogens is 460 g/mol. The summed E-state index contributed by atoms with van der Waals surface area (Å²) in [4.78, 5) is 24.2. The first-order valence-corrected chi connectivity index (χ1v) is 10.3. The highest BCUT2D eigenvalue weighted by Gasteiger charge is 2.23. The lowest BCUT2D eigenvalue weighted by atomic mass is 10.2. The number of ether oxygens (including phenoxy) is 2. The Bertz CT molecular complexity index is 1050. The number of hydrogen-bond acceptors (Lipinski definition) is 6. The fourth-order valence-electron chi connectivity index (χ4n) is 2.31. The summed E-state index contributed by atoms with van der Waals surface area (Å²) >= 11 is 5.74. The van der Waals surface area contributed by atoms with E-state index in [2.05, 4.69) is 15.6 Å². The standard InChI is InChI=1S/C18H18ClF2N3O6S/c1-24(31(27,28)13-6-4-12(19)5-7-13)10-16(25)22-23-17(26)11-3-8-14(30-18(20)21)15(9-11)29-2/h3-9,18H,10H2,1-2H3,(H,22,25)(H,23,26). The van der Waals surface area contributed by atoms with Crippen LogP contribution in [0.3, 0.4) is 0 Å². The van der Waals surface area contributed by atoms with Crippen molar-refractivity contribution in [3.8, 4) is 11.5 Å². The van der Waals surface area contributed by atoms with Crippen molar-refractivity contribution in [2.24, 2.45) is 0 Å². The van der Waals surface area contributed by atoms with Gasteiger partial charge in [0.05, 0.1) is 18.6 Å². The minimum absolute atomic E-state index is 0.0269. The van der Waals surface area contributed by atoms with E-state index >= 15 is 0 Å². The van der Waals surface area contributed by atoms with Crippen LogP contribution in [0.1, 0.15) is 10.4 Å². The molecule has 2 amide bonds. The molecule has 168 valence electrons. The third kappa shape index (κ3) is 6.51. The summed E-state index contributed by atoms with van der Waals surface area (Å²) in [5.74, 6) is -2.00. The zero-order valence-electron chi connectivity index (χ0n) is 16.3. The predicted octanol–water partition coefficient (Wildman–Crippen LogP) is 2.03. The van der Waals surface area contributed by atoms with E-state index in [1.54, 1.807) is 0 Å². The van der Waals surface area contributed by atoms with Gasteiger partial charge in [0.1, 0.15) is 0 Å². The van der Waals surface area contributed by atoms with Gasteiger partial charge >= 0.3 is 6.61 Å². The summed E-state index contributed by atoms with van der Waals surface area (Å²) in [7, 11) is -1.56. The molecule has 0 bridgehead atoms. The highest BCUT2D eigenvalue weighted by Crippen LogP contribution is 2.29. The molecule has 0 radical (unpaired) electrons. The quantitative estimate of drug-likeness (QED) is 0.562. The second kappa shape index (κ2) is 10.4. The Balaban J connectivity index is 1.97. The van der Waals surface area contributed by atoms with Gasteiger partial charge in [-0.05, 0) is 42.5 Å². The molecule has 0 fully saturated rings. The fourth-order valence-corrected chi connectivity index (χ4v) is 3.57. The van der Waals surface area contributed by atoms with Crippen LogP contribution in [0.5, 0.6) is 11.5 Å². The van der Waals surface area contributed by atoms with E-state index in [1.807, 2.05) is 0 Å². The van der Waals surface area contributed by atoms with Crippen LogP contribution in [0.2, 0.25) is 5.02 Å². The second-order valence-electron chi connectivity index (χ2n) is 5.96. The summed E-state index contributed by atoms with van der Waals surface area (Å²) in [6.45, 7) is -3.66. The number of sulfonamides is 1. The van der Waals surface area contributed by atoms with Crippen molar-refractivity contribution < 1.29 is 36.3 Å². The van der Waals surface area contributed by atoms with Gasteiger partial charge in [0, 0.05) is 17.6 Å². The molecule has 0 aliphatic rings. The fraction of sp³-hybridized carbons (Fsp3) is 0.222. The van der Waals surface area contributed by atoms with Gasteiger partial charge in [-0.25, -0.2) is 8.42 Å². The van der Waals surface area contributed by atoms with E-state index in [0.717, 1.165) is 16.4 Å². The van der Waals surface area contributed by atoms with Crippen LogP contribution in [0.25, 0.3) is 0 Å². The number of halogens is 3. The van der Waals surface area contributed by atoms with Crippen molar-refractivity contribution in [3.05, 3.63) is 53.1 Å². The number of nitrogens with zero attached hydrogens (tertiary/aromatic N) is 1. The average Bonchev–Trinajstić information content (AvgIpc) is 2.72. The van der Waals surface area contributed by atoms with Gasteiger partial charge < -0.3 is 9.47 Å². The molecule has 0 heterocycles. The molecular formula is C18H18ClF2N3O6S. The van der Waals surface area contributed by atoms with Crippen LogP contribution >= 0.6 is 11.6 Å². The van der Waals surface area contributed by atoms with Gasteiger partial charge in [-0.1, -0.05) is 11.6 Å². The number of carbonyl (C=O) groups excluding carboxylic acids is 2. The summed E-state index contributed by atoms with van der Waals surface area (Å²) in [5.41, 5.74) is 4.14. The van der Waals surface area contributed by atoms with Crippen molar-refractivity contribution in [2.45, 2.75) is 11.5 Å². The third-order valence-electron chi connectivity index (χ3n) is 3.85. The SMILES string of the molecule is COc1cc(C(=O)NNC(=O)CN(C)S(=O)(=O)c2ccc(Cl)cc2)ccc1OC(F)F. The Hall–Kier alpha value is -2.96. The van der Waals surface area contributed by atoms with Crippen LogP contribution < -0.4 is 20.3 Å². The molecule has 0 unspecified atom stereocenters. The smallest absolute Gasteiger partial charge is 0.387 e. The largest absolute Gasteiger partial charge is 0.493 e. The first-order valence-electron chi connectivity index (χ1n) is 8.48. The Labute approximate surface area is 181 Å². The molecule has 0 aliphatic heterocycles. The number of carbonyl (C=O) groups is 2. The Morgan fingerprint density at radius 1 is 1.10 bits per heavy atom. The van der Waals surface area contributed by atoms with E-state index in [-0.39, 0.29) is 22.0 Å². The molecule has 0 saturated heterocycles. The van der Waals surface area contributed by atoms with Crippen molar-refractivity contribution in [2.75, 3.05) is 20.7 Å². The summed E-state index contributed by atoms with van der Waals surface area (Å²) in [6.07, 6.45) is 0. The second-order valence-corrected chi connectivity index (χ2v) is 8.44. The van der Waals surface area contributed by atoms with Crippen LogP contribution in [0, 0.1) is 0 Å². The zero-order chi connectivity index (χ0) is 23.2. The Morgan fingerprint density at radius 2 is 1.74 bits per heavy atom. The topological polar surface area (TPSA) is 114 Å². The predicted molar refractivity (Wildman–Crippen MR) is 107 cm³/mol. The van der Waals surface area contributed by atoms with Crippen LogP contribution in [0.15, 0.2) is 47.4 Å². The molecule has 13 heteroatoms. The number of methoxy groups -OCH3 is 1. The number of nitrogens with one attached hydrogen (secondary N) is 2. The number of hydrogen-bond donors (Lipinski definition) is 2. The molecule has 9 nitrogen and oxygen atoms in total. The number of likely N-dealkylation sites (N-methyl/N-ethyl adjacent to an activating group) is 1. The Morgan fingerprint density at radius 3 is 2.32 bits per heavy atom. The molecule has 0 spiro atoms. The van der Waals surface area contributed by atoms with Gasteiger partial charge in [0.15, 0.2) is 11.5 Å². The van der Waals surface area contributed by atoms with E-state index in [4.69, 9.17) is 16.3 Å². The average molecular weight is 478 g/mol. The molecule has 0 saturated carbocycles. The molecule has 2 aromatic carbocycles. The zero-order valence-corrected chi connectivity index (χ0v) is 17.8. The van der Waals surface area contributed by atoms with E-state index in [9.17, 15) is 26.8 Å².